The van der Waals surface area contributed by atoms with Gasteiger partial charge >= 0.3 is 0 Å². The molecule has 3 heteroatoms. The summed E-state index contributed by atoms with van der Waals surface area (Å²) in [7, 11) is 1.64. The second-order valence-electron chi connectivity index (χ2n) is 6.88. The Morgan fingerprint density at radius 1 is 1.04 bits per heavy atom. The van der Waals surface area contributed by atoms with Crippen LogP contribution in [-0.4, -0.2) is 37.4 Å². The van der Waals surface area contributed by atoms with E-state index in [4.69, 9.17) is 4.74 Å². The van der Waals surface area contributed by atoms with Crippen molar-refractivity contribution in [1.82, 2.24) is 4.90 Å². The molecule has 0 radical (unpaired) electrons. The SMILES string of the molecule is COc1ccc(C(=O)CCN2CCC(Cc3ccccc3)CC2)cc1. The summed E-state index contributed by atoms with van der Waals surface area (Å²) in [5.74, 6) is 1.78. The average Bonchev–Trinajstić information content (AvgIpc) is 2.68. The van der Waals surface area contributed by atoms with Crippen molar-refractivity contribution in [3.63, 3.8) is 0 Å². The normalized spacial score (nSPS) is 15.9. The van der Waals surface area contributed by atoms with Crippen molar-refractivity contribution < 1.29 is 9.53 Å². The lowest BCUT2D eigenvalue weighted by Gasteiger charge is -2.31. The van der Waals surface area contributed by atoms with Crippen LogP contribution in [0.15, 0.2) is 54.6 Å². The van der Waals surface area contributed by atoms with Crippen LogP contribution < -0.4 is 4.74 Å². The van der Waals surface area contributed by atoms with Gasteiger partial charge in [-0.3, -0.25) is 4.79 Å². The summed E-state index contributed by atoms with van der Waals surface area (Å²) < 4.78 is 5.14. The molecule has 25 heavy (non-hydrogen) atoms. The van der Waals surface area contributed by atoms with Gasteiger partial charge in [0, 0.05) is 18.5 Å². The van der Waals surface area contributed by atoms with Gasteiger partial charge in [-0.25, -0.2) is 0 Å². The molecule has 0 N–H and O–H groups in total. The quantitative estimate of drug-likeness (QED) is 0.708. The van der Waals surface area contributed by atoms with Crippen molar-refractivity contribution >= 4 is 5.78 Å². The molecule has 1 fully saturated rings. The maximum absolute atomic E-state index is 12.3. The van der Waals surface area contributed by atoms with E-state index in [0.717, 1.165) is 36.9 Å². The molecular formula is C22H27NO2. The third kappa shape index (κ3) is 5.17. The number of piperidine rings is 1. The highest BCUT2D eigenvalue weighted by molar-refractivity contribution is 5.96. The molecule has 1 saturated heterocycles. The molecule has 0 bridgehead atoms. The van der Waals surface area contributed by atoms with Gasteiger partial charge in [0.15, 0.2) is 5.78 Å². The van der Waals surface area contributed by atoms with Crippen LogP contribution in [0.25, 0.3) is 0 Å². The summed E-state index contributed by atoms with van der Waals surface area (Å²) in [6.45, 7) is 3.07. The predicted molar refractivity (Wildman–Crippen MR) is 101 cm³/mol. The van der Waals surface area contributed by atoms with Crippen molar-refractivity contribution in [2.24, 2.45) is 5.92 Å². The van der Waals surface area contributed by atoms with Crippen molar-refractivity contribution in [2.75, 3.05) is 26.7 Å². The number of likely N-dealkylation sites (tertiary alicyclic amines) is 1. The predicted octanol–water partition coefficient (Wildman–Crippen LogP) is 4.22. The van der Waals surface area contributed by atoms with Crippen molar-refractivity contribution in [3.05, 3.63) is 65.7 Å². The molecule has 3 rings (SSSR count). The van der Waals surface area contributed by atoms with E-state index in [0.29, 0.717) is 6.42 Å². The van der Waals surface area contributed by atoms with Gasteiger partial charge in [-0.05, 0) is 68.1 Å². The number of hydrogen-bond donors (Lipinski definition) is 0. The molecular weight excluding hydrogens is 310 g/mol. The smallest absolute Gasteiger partial charge is 0.164 e. The standard InChI is InChI=1S/C22H27NO2/c1-25-21-9-7-20(8-10-21)22(24)13-16-23-14-11-19(12-15-23)17-18-5-3-2-4-6-18/h2-10,19H,11-17H2,1H3. The second-order valence-corrected chi connectivity index (χ2v) is 6.88. The zero-order valence-electron chi connectivity index (χ0n) is 15.0. The average molecular weight is 337 g/mol. The Morgan fingerprint density at radius 2 is 1.72 bits per heavy atom. The lowest BCUT2D eigenvalue weighted by molar-refractivity contribution is 0.0951. The van der Waals surface area contributed by atoms with E-state index in [1.165, 1.54) is 24.8 Å². The maximum atomic E-state index is 12.3. The summed E-state index contributed by atoms with van der Waals surface area (Å²) in [6, 6.07) is 18.2. The molecule has 0 unspecified atom stereocenters. The van der Waals surface area contributed by atoms with E-state index in [2.05, 4.69) is 35.2 Å². The molecule has 0 amide bonds. The lowest BCUT2D eigenvalue weighted by Crippen LogP contribution is -2.35. The van der Waals surface area contributed by atoms with Crippen LogP contribution in [0.1, 0.15) is 35.2 Å². The fourth-order valence-electron chi connectivity index (χ4n) is 3.54. The Kier molecular flexibility index (Phi) is 6.24. The Morgan fingerprint density at radius 3 is 2.36 bits per heavy atom. The molecule has 132 valence electrons. The lowest BCUT2D eigenvalue weighted by atomic mass is 9.90. The van der Waals surface area contributed by atoms with Gasteiger partial charge in [-0.2, -0.15) is 0 Å². The fourth-order valence-corrected chi connectivity index (χ4v) is 3.54. The Hall–Kier alpha value is -2.13. The summed E-state index contributed by atoms with van der Waals surface area (Å²) in [6.07, 6.45) is 4.23. The van der Waals surface area contributed by atoms with E-state index in [1.54, 1.807) is 7.11 Å². The third-order valence-electron chi connectivity index (χ3n) is 5.14. The number of hydrogen-bond acceptors (Lipinski definition) is 3. The van der Waals surface area contributed by atoms with Crippen molar-refractivity contribution in [1.29, 1.82) is 0 Å². The Labute approximate surface area is 150 Å². The molecule has 0 aliphatic carbocycles. The van der Waals surface area contributed by atoms with Gasteiger partial charge in [0.2, 0.25) is 0 Å². The van der Waals surface area contributed by atoms with E-state index in [-0.39, 0.29) is 5.78 Å². The number of ether oxygens (including phenoxy) is 1. The third-order valence-corrected chi connectivity index (χ3v) is 5.14. The highest BCUT2D eigenvalue weighted by atomic mass is 16.5. The van der Waals surface area contributed by atoms with Crippen LogP contribution >= 0.6 is 0 Å². The number of carbonyl (C=O) groups excluding carboxylic acids is 1. The minimum absolute atomic E-state index is 0.217. The van der Waals surface area contributed by atoms with Gasteiger partial charge in [0.05, 0.1) is 7.11 Å². The monoisotopic (exact) mass is 337 g/mol. The van der Waals surface area contributed by atoms with Gasteiger partial charge in [0.25, 0.3) is 0 Å². The molecule has 1 aliphatic rings. The Balaban J connectivity index is 1.40. The molecule has 0 spiro atoms. The van der Waals surface area contributed by atoms with E-state index < -0.39 is 0 Å². The summed E-state index contributed by atoms with van der Waals surface area (Å²) in [5.41, 5.74) is 2.22. The highest BCUT2D eigenvalue weighted by Gasteiger charge is 2.20. The number of rotatable bonds is 7. The number of carbonyl (C=O) groups is 1. The van der Waals surface area contributed by atoms with Crippen molar-refractivity contribution in [2.45, 2.75) is 25.7 Å². The first-order valence-corrected chi connectivity index (χ1v) is 9.18. The molecule has 0 atom stereocenters. The second kappa shape index (κ2) is 8.82. The molecule has 0 saturated carbocycles. The topological polar surface area (TPSA) is 29.5 Å². The molecule has 2 aromatic rings. The number of methoxy groups -OCH3 is 1. The van der Waals surface area contributed by atoms with Gasteiger partial charge in [-0.15, -0.1) is 0 Å². The maximum Gasteiger partial charge on any atom is 0.164 e. The van der Waals surface area contributed by atoms with Crippen molar-refractivity contribution in [3.8, 4) is 5.75 Å². The molecule has 1 heterocycles. The molecule has 2 aromatic carbocycles. The van der Waals surface area contributed by atoms with Gasteiger partial charge < -0.3 is 9.64 Å². The van der Waals surface area contributed by atoms with Gasteiger partial charge in [0.1, 0.15) is 5.75 Å². The van der Waals surface area contributed by atoms with Crippen LogP contribution in [0.2, 0.25) is 0 Å². The first kappa shape index (κ1) is 17.7. The highest BCUT2D eigenvalue weighted by Crippen LogP contribution is 2.22. The molecule has 1 aliphatic heterocycles. The van der Waals surface area contributed by atoms with Crippen LogP contribution in [0.4, 0.5) is 0 Å². The summed E-state index contributed by atoms with van der Waals surface area (Å²) >= 11 is 0. The zero-order chi connectivity index (χ0) is 17.5. The molecule has 0 aromatic heterocycles. The van der Waals surface area contributed by atoms with Crippen LogP contribution in [-0.2, 0) is 6.42 Å². The molecule has 3 nitrogen and oxygen atoms in total. The summed E-state index contributed by atoms with van der Waals surface area (Å²) in [5, 5.41) is 0. The van der Waals surface area contributed by atoms with E-state index in [1.807, 2.05) is 24.3 Å². The van der Waals surface area contributed by atoms with Crippen LogP contribution in [0.3, 0.4) is 0 Å². The van der Waals surface area contributed by atoms with E-state index >= 15 is 0 Å². The fraction of sp³-hybridized carbons (Fsp3) is 0.409. The minimum atomic E-state index is 0.217. The number of benzene rings is 2. The minimum Gasteiger partial charge on any atom is -0.497 e. The first-order chi connectivity index (χ1) is 12.2. The largest absolute Gasteiger partial charge is 0.497 e. The summed E-state index contributed by atoms with van der Waals surface area (Å²) in [4.78, 5) is 14.8. The van der Waals surface area contributed by atoms with E-state index in [9.17, 15) is 4.79 Å². The number of nitrogens with zero attached hydrogens (tertiary/aromatic N) is 1. The first-order valence-electron chi connectivity index (χ1n) is 9.18. The van der Waals surface area contributed by atoms with Crippen LogP contribution in [0, 0.1) is 5.92 Å². The number of Topliss-reactive ketones (excluding diaryl/α,β-unsaturated/α-hetero) is 1. The zero-order valence-corrected chi connectivity index (χ0v) is 15.0. The Bertz CT molecular complexity index is 658. The van der Waals surface area contributed by atoms with Crippen LogP contribution in [0.5, 0.6) is 5.75 Å². The van der Waals surface area contributed by atoms with Gasteiger partial charge in [-0.1, -0.05) is 30.3 Å². The number of ketones is 1.